The van der Waals surface area contributed by atoms with Crippen LogP contribution in [0, 0.1) is 0 Å². The van der Waals surface area contributed by atoms with Gasteiger partial charge in [-0.25, -0.2) is 0 Å². The average Bonchev–Trinajstić information content (AvgIpc) is 3.57. The second-order valence-corrected chi connectivity index (χ2v) is 22.4. The van der Waals surface area contributed by atoms with Crippen LogP contribution in [0.15, 0.2) is 176 Å². The van der Waals surface area contributed by atoms with E-state index in [1.165, 1.54) is 44.3 Å². The minimum Gasteiger partial charge on any atom is -0.311 e. The van der Waals surface area contributed by atoms with Crippen molar-refractivity contribution in [1.29, 1.82) is 0 Å². The van der Waals surface area contributed by atoms with Crippen molar-refractivity contribution in [3.63, 3.8) is 0 Å². The first-order chi connectivity index (χ1) is 34.0. The van der Waals surface area contributed by atoms with E-state index in [0.29, 0.717) is 11.4 Å². The summed E-state index contributed by atoms with van der Waals surface area (Å²) in [5.41, 5.74) is 19.6. The molecule has 0 bridgehead atoms. The molecule has 11 rings (SSSR count). The minimum atomic E-state index is -0.424. The number of rotatable bonds is 5. The first-order valence-electron chi connectivity index (χ1n) is 26.3. The lowest BCUT2D eigenvalue weighted by atomic mass is 9.33. The maximum Gasteiger partial charge on any atom is 0.252 e. The Balaban J connectivity index is 1.21. The summed E-state index contributed by atoms with van der Waals surface area (Å²) in [6, 6.07) is 51.4. The van der Waals surface area contributed by atoms with E-state index >= 15 is 0 Å². The topological polar surface area (TPSA) is 9.72 Å². The Bertz CT molecular complexity index is 3500. The maximum absolute atomic E-state index is 9.38. The molecule has 3 aliphatic rings. The molecule has 0 spiro atoms. The molecule has 67 heavy (non-hydrogen) atoms. The molecule has 1 aliphatic carbocycles. The number of benzene rings is 8. The summed E-state index contributed by atoms with van der Waals surface area (Å²) in [5, 5.41) is 0. The molecule has 0 aromatic heterocycles. The highest BCUT2D eigenvalue weighted by Crippen LogP contribution is 2.52. The first kappa shape index (κ1) is 37.3. The Morgan fingerprint density at radius 2 is 1.01 bits per heavy atom. The van der Waals surface area contributed by atoms with E-state index in [4.69, 9.17) is 4.11 Å². The summed E-state index contributed by atoms with van der Waals surface area (Å²) in [4.78, 5) is 6.72. The average molecular weight is 877 g/mol. The summed E-state index contributed by atoms with van der Waals surface area (Å²) in [7, 11) is 0. The van der Waals surface area contributed by atoms with E-state index < -0.39 is 6.04 Å². The summed E-state index contributed by atoms with van der Waals surface area (Å²) in [6.07, 6.45) is 0. The molecular formula is C63H62BN3. The van der Waals surface area contributed by atoms with Crippen LogP contribution >= 0.6 is 0 Å². The Hall–Kier alpha value is -6.78. The molecule has 2 aliphatic heterocycles. The van der Waals surface area contributed by atoms with Gasteiger partial charge in [-0.05, 0) is 150 Å². The number of fused-ring (bicyclic) bond motifs is 7. The first-order valence-corrected chi connectivity index (χ1v) is 23.8. The zero-order valence-electron chi connectivity index (χ0n) is 45.8. The molecule has 0 fully saturated rings. The fourth-order valence-electron chi connectivity index (χ4n) is 10.9. The molecule has 8 aromatic carbocycles. The molecule has 4 heteroatoms. The third-order valence-corrected chi connectivity index (χ3v) is 14.6. The summed E-state index contributed by atoms with van der Waals surface area (Å²) in [6.45, 7) is 24.6. The smallest absolute Gasteiger partial charge is 0.252 e. The van der Waals surface area contributed by atoms with Crippen molar-refractivity contribution in [2.45, 2.75) is 97.8 Å². The van der Waals surface area contributed by atoms with Gasteiger partial charge in [0.05, 0.1) is 6.85 Å². The molecule has 0 radical (unpaired) electrons. The molecule has 0 amide bonds. The van der Waals surface area contributed by atoms with E-state index in [1.807, 2.05) is 17.0 Å². The van der Waals surface area contributed by atoms with Crippen molar-refractivity contribution in [3.05, 3.63) is 204 Å². The van der Waals surface area contributed by atoms with Gasteiger partial charge in [0.1, 0.15) is 0 Å². The quantitative estimate of drug-likeness (QED) is 0.160. The number of anilines is 9. The molecular weight excluding hydrogens is 810 g/mol. The van der Waals surface area contributed by atoms with Crippen LogP contribution in [0.2, 0.25) is 0 Å². The number of nitrogens with zero attached hydrogens (tertiary/aromatic N) is 3. The van der Waals surface area contributed by atoms with Gasteiger partial charge in [0.2, 0.25) is 0 Å². The van der Waals surface area contributed by atoms with Gasteiger partial charge in [-0.1, -0.05) is 173 Å². The maximum atomic E-state index is 9.38. The molecule has 0 atom stereocenters. The van der Waals surface area contributed by atoms with Crippen molar-refractivity contribution < 1.29 is 6.85 Å². The lowest BCUT2D eigenvalue weighted by Crippen LogP contribution is -2.61. The largest absolute Gasteiger partial charge is 0.311 e. The Kier molecular flexibility index (Phi) is 8.43. The van der Waals surface area contributed by atoms with Gasteiger partial charge >= 0.3 is 0 Å². The van der Waals surface area contributed by atoms with Crippen LogP contribution in [0.1, 0.15) is 111 Å². The summed E-state index contributed by atoms with van der Waals surface area (Å²) < 4.78 is 45.1. The highest BCUT2D eigenvalue weighted by atomic mass is 15.2. The molecule has 0 saturated heterocycles. The van der Waals surface area contributed by atoms with E-state index in [-0.39, 0.29) is 58.2 Å². The number of hydrogen-bond donors (Lipinski definition) is 0. The van der Waals surface area contributed by atoms with Gasteiger partial charge in [0.25, 0.3) is 6.71 Å². The van der Waals surface area contributed by atoms with Gasteiger partial charge < -0.3 is 14.7 Å². The van der Waals surface area contributed by atoms with Crippen LogP contribution in [-0.2, 0) is 21.7 Å². The van der Waals surface area contributed by atoms with Crippen molar-refractivity contribution in [2.75, 3.05) is 14.7 Å². The molecule has 0 saturated carbocycles. The Labute approximate surface area is 406 Å². The predicted molar refractivity (Wildman–Crippen MR) is 289 cm³/mol. The SMILES string of the molecule is [2H]c1c([2H])c([2H])c(N(c2ccc(C(C)(C)C)cc2)c2ccc3c(c2)N(c2ccc4c(c2)C(C)(C)c2ccccc2-4)c2cccc4c2B3c2cc(C(C)(C)C)ccc2N4c2ccc(C(C)(C)C)cc2)c([2H])c1[2H]. The highest BCUT2D eigenvalue weighted by Gasteiger charge is 2.45. The Morgan fingerprint density at radius 3 is 1.67 bits per heavy atom. The van der Waals surface area contributed by atoms with Gasteiger partial charge in [0.15, 0.2) is 0 Å². The monoisotopic (exact) mass is 877 g/mol. The molecule has 0 N–H and O–H groups in total. The molecule has 8 aromatic rings. The van der Waals surface area contributed by atoms with Crippen LogP contribution in [-0.4, -0.2) is 6.71 Å². The van der Waals surface area contributed by atoms with Crippen molar-refractivity contribution in [3.8, 4) is 11.1 Å². The predicted octanol–water partition coefficient (Wildman–Crippen LogP) is 15.4. The fourth-order valence-corrected chi connectivity index (χ4v) is 10.9. The van der Waals surface area contributed by atoms with Gasteiger partial charge in [-0.2, -0.15) is 0 Å². The normalized spacial score (nSPS) is 15.6. The molecule has 332 valence electrons. The van der Waals surface area contributed by atoms with E-state index in [2.05, 4.69) is 219 Å². The van der Waals surface area contributed by atoms with Crippen molar-refractivity contribution in [2.24, 2.45) is 0 Å². The van der Waals surface area contributed by atoms with Crippen LogP contribution < -0.4 is 31.1 Å². The second kappa shape index (κ2) is 15.1. The number of para-hydroxylation sites is 1. The summed E-state index contributed by atoms with van der Waals surface area (Å²) in [5.74, 6) is 0. The lowest BCUT2D eigenvalue weighted by Gasteiger charge is -2.45. The third kappa shape index (κ3) is 6.94. The van der Waals surface area contributed by atoms with Crippen molar-refractivity contribution in [1.82, 2.24) is 0 Å². The molecule has 3 nitrogen and oxygen atoms in total. The standard InChI is InChI=1S/C63H62BN3/c1-60(2,3)41-24-29-45(30-25-41)65(44-18-13-12-14-19-44)48-34-36-53-58(40-48)67(47-33-35-50-49-20-15-16-21-51(49)63(10,11)52(50)39-47)57-23-17-22-56-59(57)64(53)54-38-43(62(7,8)9)28-37-55(54)66(56)46-31-26-42(27-32-46)61(4,5)6/h12-40H,1-11H3/i12D,13D,14D,18D,19D. The number of hydrogen-bond acceptors (Lipinski definition) is 3. The second-order valence-electron chi connectivity index (χ2n) is 22.4. The van der Waals surface area contributed by atoms with Gasteiger partial charge in [-0.15, -0.1) is 0 Å². The highest BCUT2D eigenvalue weighted by molar-refractivity contribution is 7.00. The zero-order chi connectivity index (χ0) is 51.1. The zero-order valence-corrected chi connectivity index (χ0v) is 40.8. The van der Waals surface area contributed by atoms with Crippen LogP contribution in [0.4, 0.5) is 51.2 Å². The van der Waals surface area contributed by atoms with Gasteiger partial charge in [-0.3, -0.25) is 0 Å². The molecule has 0 unspecified atom stereocenters. The minimum absolute atomic E-state index is 0.000194. The fraction of sp³-hybridized carbons (Fsp3) is 0.238. The van der Waals surface area contributed by atoms with Crippen LogP contribution in [0.25, 0.3) is 11.1 Å². The molecule has 2 heterocycles. The third-order valence-electron chi connectivity index (χ3n) is 14.6. The lowest BCUT2D eigenvalue weighted by molar-refractivity contribution is 0.590. The van der Waals surface area contributed by atoms with E-state index in [0.717, 1.165) is 45.2 Å². The van der Waals surface area contributed by atoms with E-state index in [9.17, 15) is 2.74 Å². The van der Waals surface area contributed by atoms with Crippen molar-refractivity contribution >= 4 is 74.3 Å². The summed E-state index contributed by atoms with van der Waals surface area (Å²) >= 11 is 0. The van der Waals surface area contributed by atoms with Crippen LogP contribution in [0.3, 0.4) is 0 Å². The van der Waals surface area contributed by atoms with Gasteiger partial charge in [0, 0.05) is 56.6 Å². The van der Waals surface area contributed by atoms with Crippen LogP contribution in [0.5, 0.6) is 0 Å². The van der Waals surface area contributed by atoms with E-state index in [1.54, 1.807) is 0 Å². The Morgan fingerprint density at radius 1 is 0.448 bits per heavy atom.